The molecule has 2 unspecified atom stereocenters. The highest BCUT2D eigenvalue weighted by Crippen LogP contribution is 2.32. The van der Waals surface area contributed by atoms with Crippen LogP contribution in [0.3, 0.4) is 0 Å². The van der Waals surface area contributed by atoms with Crippen molar-refractivity contribution in [3.8, 4) is 5.75 Å². The van der Waals surface area contributed by atoms with Gasteiger partial charge >= 0.3 is 0 Å². The number of hydrogen-bond donors (Lipinski definition) is 1. The molecule has 0 saturated heterocycles. The van der Waals surface area contributed by atoms with E-state index >= 15 is 0 Å². The molecule has 1 N–H and O–H groups in total. The molecule has 1 aliphatic rings. The molecule has 0 radical (unpaired) electrons. The van der Waals surface area contributed by atoms with Gasteiger partial charge in [0, 0.05) is 32.1 Å². The highest BCUT2D eigenvalue weighted by molar-refractivity contribution is 5.80. The van der Waals surface area contributed by atoms with E-state index in [-0.39, 0.29) is 11.9 Å². The number of para-hydroxylation sites is 1. The average molecular weight is 248 g/mol. The summed E-state index contributed by atoms with van der Waals surface area (Å²) in [6.45, 7) is 3.34. The predicted octanol–water partition coefficient (Wildman–Crippen LogP) is 1.23. The van der Waals surface area contributed by atoms with Gasteiger partial charge in [-0.1, -0.05) is 18.2 Å². The predicted molar refractivity (Wildman–Crippen MR) is 70.8 cm³/mol. The number of carbonyl (C=O) groups is 1. The molecular formula is C14H20N2O2. The Morgan fingerprint density at radius 1 is 1.50 bits per heavy atom. The van der Waals surface area contributed by atoms with Gasteiger partial charge in [0.2, 0.25) is 5.91 Å². The number of rotatable bonds is 4. The van der Waals surface area contributed by atoms with Crippen LogP contribution in [0, 0.1) is 0 Å². The lowest BCUT2D eigenvalue weighted by Crippen LogP contribution is -2.43. The van der Waals surface area contributed by atoms with Crippen LogP contribution in [-0.4, -0.2) is 44.1 Å². The Balaban J connectivity index is 1.91. The molecule has 0 bridgehead atoms. The minimum Gasteiger partial charge on any atom is -0.493 e. The SMILES string of the molecule is CC(NCC1COc2ccccc21)C(=O)N(C)C. The fourth-order valence-corrected chi connectivity index (χ4v) is 2.19. The van der Waals surface area contributed by atoms with Gasteiger partial charge in [0.1, 0.15) is 5.75 Å². The van der Waals surface area contributed by atoms with E-state index in [2.05, 4.69) is 11.4 Å². The average Bonchev–Trinajstić information content (AvgIpc) is 2.78. The summed E-state index contributed by atoms with van der Waals surface area (Å²) >= 11 is 0. The third-order valence-corrected chi connectivity index (χ3v) is 3.28. The highest BCUT2D eigenvalue weighted by Gasteiger charge is 2.24. The maximum atomic E-state index is 11.7. The van der Waals surface area contributed by atoms with E-state index in [1.54, 1.807) is 19.0 Å². The number of ether oxygens (including phenoxy) is 1. The summed E-state index contributed by atoms with van der Waals surface area (Å²) in [5, 5.41) is 3.28. The maximum absolute atomic E-state index is 11.7. The van der Waals surface area contributed by atoms with E-state index in [4.69, 9.17) is 4.74 Å². The number of carbonyl (C=O) groups excluding carboxylic acids is 1. The van der Waals surface area contributed by atoms with Crippen LogP contribution in [0.1, 0.15) is 18.4 Å². The molecule has 0 saturated carbocycles. The van der Waals surface area contributed by atoms with Crippen molar-refractivity contribution >= 4 is 5.91 Å². The van der Waals surface area contributed by atoms with Gasteiger partial charge in [0.05, 0.1) is 12.6 Å². The molecule has 2 rings (SSSR count). The topological polar surface area (TPSA) is 41.6 Å². The largest absolute Gasteiger partial charge is 0.493 e. The van der Waals surface area contributed by atoms with Gasteiger partial charge in [-0.15, -0.1) is 0 Å². The molecular weight excluding hydrogens is 228 g/mol. The summed E-state index contributed by atoms with van der Waals surface area (Å²) in [5.74, 6) is 1.40. The smallest absolute Gasteiger partial charge is 0.238 e. The van der Waals surface area contributed by atoms with Crippen molar-refractivity contribution < 1.29 is 9.53 Å². The lowest BCUT2D eigenvalue weighted by molar-refractivity contribution is -0.130. The van der Waals surface area contributed by atoms with Crippen molar-refractivity contribution in [2.75, 3.05) is 27.2 Å². The normalized spacial score (nSPS) is 18.9. The number of nitrogens with one attached hydrogen (secondary N) is 1. The summed E-state index contributed by atoms with van der Waals surface area (Å²) < 4.78 is 5.62. The quantitative estimate of drug-likeness (QED) is 0.871. The van der Waals surface area contributed by atoms with Gasteiger partial charge in [-0.3, -0.25) is 4.79 Å². The van der Waals surface area contributed by atoms with E-state index in [1.807, 2.05) is 25.1 Å². The second-order valence-electron chi connectivity index (χ2n) is 4.91. The lowest BCUT2D eigenvalue weighted by Gasteiger charge is -2.19. The van der Waals surface area contributed by atoms with Gasteiger partial charge in [-0.2, -0.15) is 0 Å². The Morgan fingerprint density at radius 3 is 2.94 bits per heavy atom. The minimum absolute atomic E-state index is 0.0993. The van der Waals surface area contributed by atoms with E-state index in [1.165, 1.54) is 5.56 Å². The number of fused-ring (bicyclic) bond motifs is 1. The van der Waals surface area contributed by atoms with Gasteiger partial charge in [0.25, 0.3) is 0 Å². The number of benzene rings is 1. The molecule has 18 heavy (non-hydrogen) atoms. The van der Waals surface area contributed by atoms with E-state index < -0.39 is 0 Å². The van der Waals surface area contributed by atoms with Crippen LogP contribution in [0.4, 0.5) is 0 Å². The first-order valence-electron chi connectivity index (χ1n) is 6.26. The molecule has 0 fully saturated rings. The number of likely N-dealkylation sites (N-methyl/N-ethyl adjacent to an activating group) is 1. The van der Waals surface area contributed by atoms with Crippen LogP contribution in [0.5, 0.6) is 5.75 Å². The molecule has 0 aliphatic carbocycles. The highest BCUT2D eigenvalue weighted by atomic mass is 16.5. The second-order valence-corrected chi connectivity index (χ2v) is 4.91. The van der Waals surface area contributed by atoms with Crippen molar-refractivity contribution in [3.05, 3.63) is 29.8 Å². The molecule has 1 aliphatic heterocycles. The lowest BCUT2D eigenvalue weighted by atomic mass is 10.0. The van der Waals surface area contributed by atoms with Crippen LogP contribution in [0.25, 0.3) is 0 Å². The molecule has 1 aromatic carbocycles. The zero-order valence-corrected chi connectivity index (χ0v) is 11.1. The Bertz CT molecular complexity index is 432. The summed E-state index contributed by atoms with van der Waals surface area (Å²) in [6.07, 6.45) is 0. The standard InChI is InChI=1S/C14H20N2O2/c1-10(14(17)16(2)3)15-8-11-9-18-13-7-5-4-6-12(11)13/h4-7,10-11,15H,8-9H2,1-3H3. The molecule has 1 aromatic rings. The van der Waals surface area contributed by atoms with Gasteiger partial charge in [-0.05, 0) is 13.0 Å². The Kier molecular flexibility index (Phi) is 3.87. The van der Waals surface area contributed by atoms with Crippen LogP contribution >= 0.6 is 0 Å². The van der Waals surface area contributed by atoms with Gasteiger partial charge in [-0.25, -0.2) is 0 Å². The molecule has 4 heteroatoms. The first-order chi connectivity index (χ1) is 8.59. The van der Waals surface area contributed by atoms with Crippen molar-refractivity contribution in [1.82, 2.24) is 10.2 Å². The Morgan fingerprint density at radius 2 is 2.22 bits per heavy atom. The zero-order chi connectivity index (χ0) is 13.1. The molecule has 0 aromatic heterocycles. The van der Waals surface area contributed by atoms with Crippen molar-refractivity contribution in [3.63, 3.8) is 0 Å². The van der Waals surface area contributed by atoms with Crippen molar-refractivity contribution in [2.45, 2.75) is 18.9 Å². The van der Waals surface area contributed by atoms with Crippen molar-refractivity contribution in [2.24, 2.45) is 0 Å². The Hall–Kier alpha value is -1.55. The van der Waals surface area contributed by atoms with Gasteiger partial charge < -0.3 is 15.0 Å². The Labute approximate surface area is 108 Å². The summed E-state index contributed by atoms with van der Waals surface area (Å²) in [4.78, 5) is 13.3. The molecule has 1 heterocycles. The van der Waals surface area contributed by atoms with Gasteiger partial charge in [0.15, 0.2) is 0 Å². The van der Waals surface area contributed by atoms with Crippen LogP contribution < -0.4 is 10.1 Å². The fourth-order valence-electron chi connectivity index (χ4n) is 2.19. The number of amides is 1. The summed E-state index contributed by atoms with van der Waals surface area (Å²) in [7, 11) is 3.54. The van der Waals surface area contributed by atoms with E-state index in [0.29, 0.717) is 12.5 Å². The molecule has 0 spiro atoms. The fraction of sp³-hybridized carbons (Fsp3) is 0.500. The monoisotopic (exact) mass is 248 g/mol. The maximum Gasteiger partial charge on any atom is 0.238 e. The molecule has 2 atom stereocenters. The summed E-state index contributed by atoms with van der Waals surface area (Å²) in [6, 6.07) is 7.92. The van der Waals surface area contributed by atoms with E-state index in [0.717, 1.165) is 12.3 Å². The number of hydrogen-bond acceptors (Lipinski definition) is 3. The molecule has 4 nitrogen and oxygen atoms in total. The molecule has 1 amide bonds. The minimum atomic E-state index is -0.159. The first-order valence-corrected chi connectivity index (χ1v) is 6.26. The van der Waals surface area contributed by atoms with E-state index in [9.17, 15) is 4.79 Å². The third kappa shape index (κ3) is 2.64. The van der Waals surface area contributed by atoms with Crippen molar-refractivity contribution in [1.29, 1.82) is 0 Å². The first kappa shape index (κ1) is 12.9. The van der Waals surface area contributed by atoms with Crippen LogP contribution in [0.2, 0.25) is 0 Å². The number of nitrogens with zero attached hydrogens (tertiary/aromatic N) is 1. The zero-order valence-electron chi connectivity index (χ0n) is 11.1. The molecule has 98 valence electrons. The van der Waals surface area contributed by atoms with Crippen LogP contribution in [-0.2, 0) is 4.79 Å². The second kappa shape index (κ2) is 5.40. The summed E-state index contributed by atoms with van der Waals surface area (Å²) in [5.41, 5.74) is 1.23. The third-order valence-electron chi connectivity index (χ3n) is 3.28. The van der Waals surface area contributed by atoms with Crippen LogP contribution in [0.15, 0.2) is 24.3 Å².